The summed E-state index contributed by atoms with van der Waals surface area (Å²) in [4.78, 5) is 24.2. The molecule has 0 saturated carbocycles. The maximum absolute atomic E-state index is 13.4. The van der Waals surface area contributed by atoms with Crippen LogP contribution in [0.1, 0.15) is 53.1 Å². The lowest BCUT2D eigenvalue weighted by Crippen LogP contribution is -2.25. The Hall–Kier alpha value is -4.18. The molecule has 0 atom stereocenters. The maximum atomic E-state index is 13.4. The lowest BCUT2D eigenvalue weighted by molar-refractivity contribution is -0.120. The summed E-state index contributed by atoms with van der Waals surface area (Å²) in [6, 6.07) is 19.4. The normalized spacial score (nSPS) is 10.4. The molecule has 0 bridgehead atoms. The van der Waals surface area contributed by atoms with Crippen LogP contribution in [-0.4, -0.2) is 32.0 Å². The highest BCUT2D eigenvalue weighted by Crippen LogP contribution is 2.30. The van der Waals surface area contributed by atoms with E-state index in [1.165, 1.54) is 24.3 Å². The zero-order chi connectivity index (χ0) is 26.5. The van der Waals surface area contributed by atoms with Gasteiger partial charge in [0.15, 0.2) is 0 Å². The zero-order valence-electron chi connectivity index (χ0n) is 20.7. The second-order valence-corrected chi connectivity index (χ2v) is 8.44. The van der Waals surface area contributed by atoms with E-state index >= 15 is 0 Å². The predicted molar refractivity (Wildman–Crippen MR) is 139 cm³/mol. The number of methoxy groups -OCH3 is 1. The van der Waals surface area contributed by atoms with Crippen LogP contribution in [-0.2, 0) is 4.79 Å². The van der Waals surface area contributed by atoms with E-state index in [2.05, 4.69) is 22.5 Å². The van der Waals surface area contributed by atoms with E-state index in [4.69, 9.17) is 4.74 Å². The van der Waals surface area contributed by atoms with Crippen molar-refractivity contribution in [3.05, 3.63) is 101 Å². The molecule has 3 rings (SSSR count). The fourth-order valence-electron chi connectivity index (χ4n) is 3.88. The number of unbranched alkanes of at least 4 members (excludes halogenated alkanes) is 1. The van der Waals surface area contributed by atoms with E-state index in [0.29, 0.717) is 24.2 Å². The van der Waals surface area contributed by atoms with Gasteiger partial charge in [-0.1, -0.05) is 42.5 Å². The molecule has 5 nitrogen and oxygen atoms in total. The smallest absolute Gasteiger partial charge is 0.252 e. The Morgan fingerprint density at radius 2 is 1.32 bits per heavy atom. The van der Waals surface area contributed by atoms with E-state index in [-0.39, 0.29) is 42.5 Å². The van der Waals surface area contributed by atoms with Crippen molar-refractivity contribution in [2.24, 2.45) is 0 Å². The summed E-state index contributed by atoms with van der Waals surface area (Å²) < 4.78 is 31.8. The Morgan fingerprint density at radius 3 is 1.86 bits per heavy atom. The molecule has 7 heteroatoms. The first-order chi connectivity index (χ1) is 18.0. The van der Waals surface area contributed by atoms with Gasteiger partial charge in [0.25, 0.3) is 5.91 Å². The molecule has 0 heterocycles. The summed E-state index contributed by atoms with van der Waals surface area (Å²) in [5.41, 5.74) is 2.41. The number of hydrogen-bond acceptors (Lipinski definition) is 3. The minimum atomic E-state index is -0.305. The van der Waals surface area contributed by atoms with Crippen LogP contribution in [0.3, 0.4) is 0 Å². The lowest BCUT2D eigenvalue weighted by Gasteiger charge is -2.18. The van der Waals surface area contributed by atoms with Gasteiger partial charge in [-0.15, -0.1) is 0 Å². The Balaban J connectivity index is 1.37. The van der Waals surface area contributed by atoms with E-state index in [0.717, 1.165) is 24.0 Å². The number of carbonyl (C=O) groups excluding carboxylic acids is 2. The molecule has 0 spiro atoms. The first-order valence-electron chi connectivity index (χ1n) is 12.1. The van der Waals surface area contributed by atoms with Crippen molar-refractivity contribution in [3.63, 3.8) is 0 Å². The summed E-state index contributed by atoms with van der Waals surface area (Å²) in [6.07, 6.45) is 2.56. The van der Waals surface area contributed by atoms with Crippen LogP contribution in [0.4, 0.5) is 8.78 Å². The van der Waals surface area contributed by atoms with Gasteiger partial charge in [-0.2, -0.15) is 0 Å². The summed E-state index contributed by atoms with van der Waals surface area (Å²) in [6.45, 7) is 0.375. The molecule has 0 aliphatic heterocycles. The van der Waals surface area contributed by atoms with Gasteiger partial charge in [0.1, 0.15) is 17.4 Å². The number of carbonyl (C=O) groups is 2. The number of benzene rings is 3. The average Bonchev–Trinajstić information content (AvgIpc) is 2.92. The van der Waals surface area contributed by atoms with Crippen molar-refractivity contribution < 1.29 is 23.1 Å². The standard InChI is InChI=1S/C30H30F2N2O3/c1-37-27-18-12-24(13-19-27)30(36)34-21-5-4-20-33-29(35)7-3-2-6-28(22-8-14-25(31)15-9-22)23-10-16-26(32)17-11-23/h8-19,28H,2-3,6-7,20-21H2,1H3,(H,33,35)(H,34,36). The van der Waals surface area contributed by atoms with Crippen molar-refractivity contribution in [2.75, 3.05) is 20.2 Å². The van der Waals surface area contributed by atoms with Crippen molar-refractivity contribution in [1.82, 2.24) is 10.6 Å². The SMILES string of the molecule is COc1ccc(C(=O)NCC#CCNC(=O)CCCCC(c2ccc(F)cc2)c2ccc(F)cc2)cc1. The van der Waals surface area contributed by atoms with Gasteiger partial charge in [-0.25, -0.2) is 8.78 Å². The van der Waals surface area contributed by atoms with Crippen molar-refractivity contribution in [1.29, 1.82) is 0 Å². The Bertz CT molecular complexity index is 1170. The summed E-state index contributed by atoms with van der Waals surface area (Å²) in [7, 11) is 1.56. The molecule has 2 N–H and O–H groups in total. The summed E-state index contributed by atoms with van der Waals surface area (Å²) in [5.74, 6) is 5.36. The second-order valence-electron chi connectivity index (χ2n) is 8.44. The molecule has 0 aliphatic rings. The second kappa shape index (κ2) is 14.4. The molecule has 2 amide bonds. The van der Waals surface area contributed by atoms with Gasteiger partial charge in [-0.3, -0.25) is 9.59 Å². The van der Waals surface area contributed by atoms with Crippen LogP contribution in [0.5, 0.6) is 5.75 Å². The number of ether oxygens (including phenoxy) is 1. The predicted octanol–water partition coefficient (Wildman–Crippen LogP) is 5.22. The van der Waals surface area contributed by atoms with Crippen LogP contribution in [0.2, 0.25) is 0 Å². The highest BCUT2D eigenvalue weighted by Gasteiger charge is 2.15. The Labute approximate surface area is 216 Å². The fraction of sp³-hybridized carbons (Fsp3) is 0.267. The van der Waals surface area contributed by atoms with Crippen LogP contribution in [0, 0.1) is 23.5 Å². The van der Waals surface area contributed by atoms with Gasteiger partial charge >= 0.3 is 0 Å². The Morgan fingerprint density at radius 1 is 0.784 bits per heavy atom. The van der Waals surface area contributed by atoms with Gasteiger partial charge in [0.05, 0.1) is 20.2 Å². The molecule has 0 unspecified atom stereocenters. The minimum Gasteiger partial charge on any atom is -0.497 e. The van der Waals surface area contributed by atoms with Crippen molar-refractivity contribution >= 4 is 11.8 Å². The molecule has 0 fully saturated rings. The number of nitrogens with one attached hydrogen (secondary N) is 2. The molecule has 0 aromatic heterocycles. The first-order valence-corrected chi connectivity index (χ1v) is 12.1. The lowest BCUT2D eigenvalue weighted by atomic mass is 9.87. The third kappa shape index (κ3) is 9.08. The number of rotatable bonds is 11. The monoisotopic (exact) mass is 504 g/mol. The number of amides is 2. The molecule has 0 radical (unpaired) electrons. The molecular weight excluding hydrogens is 474 g/mol. The van der Waals surface area contributed by atoms with E-state index < -0.39 is 0 Å². The quantitative estimate of drug-likeness (QED) is 0.278. The van der Waals surface area contributed by atoms with Crippen molar-refractivity contribution in [3.8, 4) is 17.6 Å². The molecule has 192 valence electrons. The molecule has 37 heavy (non-hydrogen) atoms. The molecular formula is C30H30F2N2O3. The first kappa shape index (κ1) is 27.4. The molecule has 0 aliphatic carbocycles. The summed E-state index contributed by atoms with van der Waals surface area (Å²) >= 11 is 0. The van der Waals surface area contributed by atoms with Crippen LogP contribution >= 0.6 is 0 Å². The van der Waals surface area contributed by atoms with E-state index in [9.17, 15) is 18.4 Å². The molecule has 3 aromatic carbocycles. The maximum Gasteiger partial charge on any atom is 0.252 e. The number of hydrogen-bond donors (Lipinski definition) is 2. The fourth-order valence-corrected chi connectivity index (χ4v) is 3.88. The molecule has 0 saturated heterocycles. The van der Waals surface area contributed by atoms with E-state index in [1.807, 2.05) is 0 Å². The third-order valence-electron chi connectivity index (χ3n) is 5.88. The zero-order valence-corrected chi connectivity index (χ0v) is 20.7. The molecule has 3 aromatic rings. The van der Waals surface area contributed by atoms with Crippen LogP contribution < -0.4 is 15.4 Å². The highest BCUT2D eigenvalue weighted by atomic mass is 19.1. The number of halogens is 2. The Kier molecular flexibility index (Phi) is 10.7. The van der Waals surface area contributed by atoms with E-state index in [1.54, 1.807) is 55.6 Å². The average molecular weight is 505 g/mol. The highest BCUT2D eigenvalue weighted by molar-refractivity contribution is 5.94. The minimum absolute atomic E-state index is 0.0109. The van der Waals surface area contributed by atoms with Gasteiger partial charge in [0.2, 0.25) is 5.91 Å². The van der Waals surface area contributed by atoms with Crippen LogP contribution in [0.25, 0.3) is 0 Å². The topological polar surface area (TPSA) is 67.4 Å². The van der Waals surface area contributed by atoms with Gasteiger partial charge in [-0.05, 0) is 72.5 Å². The summed E-state index contributed by atoms with van der Waals surface area (Å²) in [5, 5.41) is 5.46. The van der Waals surface area contributed by atoms with Crippen molar-refractivity contribution in [2.45, 2.75) is 31.6 Å². The largest absolute Gasteiger partial charge is 0.497 e. The van der Waals surface area contributed by atoms with Crippen LogP contribution in [0.15, 0.2) is 72.8 Å². The van der Waals surface area contributed by atoms with Gasteiger partial charge in [0, 0.05) is 17.9 Å². The third-order valence-corrected chi connectivity index (χ3v) is 5.88. The van der Waals surface area contributed by atoms with Gasteiger partial charge < -0.3 is 15.4 Å².